The average Bonchev–Trinajstić information content (AvgIpc) is 2.66. The first-order valence-electron chi connectivity index (χ1n) is 5.11. The van der Waals surface area contributed by atoms with Gasteiger partial charge in [-0.05, 0) is 24.3 Å². The van der Waals surface area contributed by atoms with E-state index in [1.807, 2.05) is 5.38 Å². The third kappa shape index (κ3) is 3.66. The number of hydrogen-bond acceptors (Lipinski definition) is 4. The molecule has 0 fully saturated rings. The van der Waals surface area contributed by atoms with E-state index < -0.39 is 0 Å². The first-order valence-corrected chi connectivity index (χ1v) is 6.06. The molecule has 1 aromatic heterocycles. The minimum atomic E-state index is -0.290. The van der Waals surface area contributed by atoms with Crippen molar-refractivity contribution in [1.82, 2.24) is 5.32 Å². The number of carbonyl (C=O) groups excluding carboxylic acids is 2. The number of hydrogen-bond donors (Lipinski definition) is 1. The van der Waals surface area contributed by atoms with Crippen molar-refractivity contribution in [2.75, 3.05) is 13.2 Å². The van der Waals surface area contributed by atoms with Crippen LogP contribution in [0.2, 0.25) is 0 Å². The highest BCUT2D eigenvalue weighted by Crippen LogP contribution is 2.16. The molecule has 16 heavy (non-hydrogen) atoms. The molecule has 0 aliphatic carbocycles. The second-order valence-electron chi connectivity index (χ2n) is 3.26. The van der Waals surface area contributed by atoms with Crippen LogP contribution in [0.4, 0.5) is 0 Å². The first-order chi connectivity index (χ1) is 7.65. The third-order valence-corrected chi connectivity index (χ3v) is 2.80. The van der Waals surface area contributed by atoms with Gasteiger partial charge in [0.25, 0.3) is 0 Å². The Morgan fingerprint density at radius 2 is 2.19 bits per heavy atom. The van der Waals surface area contributed by atoms with E-state index in [0.29, 0.717) is 25.1 Å². The summed E-state index contributed by atoms with van der Waals surface area (Å²) in [5.41, 5.74) is 1.54. The highest BCUT2D eigenvalue weighted by molar-refractivity contribution is 7.08. The fraction of sp³-hybridized carbons (Fsp3) is 0.455. The number of rotatable bonds is 5. The molecule has 5 heteroatoms. The summed E-state index contributed by atoms with van der Waals surface area (Å²) >= 11 is 1.47. The van der Waals surface area contributed by atoms with E-state index in [2.05, 4.69) is 5.32 Å². The molecule has 0 saturated carbocycles. The molecule has 1 N–H and O–H groups in total. The van der Waals surface area contributed by atoms with Gasteiger partial charge in [-0.3, -0.25) is 4.79 Å². The molecule has 0 radical (unpaired) electrons. The van der Waals surface area contributed by atoms with Crippen LogP contribution in [0.3, 0.4) is 0 Å². The Hall–Kier alpha value is -1.36. The summed E-state index contributed by atoms with van der Waals surface area (Å²) in [6.45, 7) is 4.17. The molecular weight excluding hydrogens is 226 g/mol. The van der Waals surface area contributed by atoms with Crippen molar-refractivity contribution < 1.29 is 14.3 Å². The maximum atomic E-state index is 11.5. The Bertz CT molecular complexity index is 373. The Kier molecular flexibility index (Phi) is 4.98. The molecule has 1 aromatic rings. The molecule has 1 amide bonds. The van der Waals surface area contributed by atoms with E-state index in [9.17, 15) is 9.59 Å². The second-order valence-corrected chi connectivity index (χ2v) is 4.01. The summed E-state index contributed by atoms with van der Waals surface area (Å²) in [5, 5.41) is 6.39. The van der Waals surface area contributed by atoms with Crippen LogP contribution in [0.5, 0.6) is 0 Å². The smallest absolute Gasteiger partial charge is 0.339 e. The van der Waals surface area contributed by atoms with Crippen LogP contribution < -0.4 is 5.32 Å². The predicted octanol–water partition coefficient (Wildman–Crippen LogP) is 1.60. The number of ether oxygens (including phenoxy) is 1. The van der Waals surface area contributed by atoms with Crippen LogP contribution in [0, 0.1) is 0 Å². The van der Waals surface area contributed by atoms with E-state index in [-0.39, 0.29) is 11.9 Å². The molecule has 1 heterocycles. The van der Waals surface area contributed by atoms with Crippen molar-refractivity contribution in [1.29, 1.82) is 0 Å². The lowest BCUT2D eigenvalue weighted by molar-refractivity contribution is -0.118. The van der Waals surface area contributed by atoms with E-state index in [1.165, 1.54) is 18.3 Å². The van der Waals surface area contributed by atoms with Crippen molar-refractivity contribution in [3.63, 3.8) is 0 Å². The summed E-state index contributed by atoms with van der Waals surface area (Å²) in [6, 6.07) is 0. The monoisotopic (exact) mass is 241 g/mol. The van der Waals surface area contributed by atoms with Gasteiger partial charge in [0.05, 0.1) is 12.2 Å². The van der Waals surface area contributed by atoms with Gasteiger partial charge in [0.2, 0.25) is 5.91 Å². The van der Waals surface area contributed by atoms with Crippen molar-refractivity contribution >= 4 is 23.2 Å². The minimum Gasteiger partial charge on any atom is -0.462 e. The van der Waals surface area contributed by atoms with E-state index in [4.69, 9.17) is 4.74 Å². The van der Waals surface area contributed by atoms with Crippen LogP contribution in [0.15, 0.2) is 10.8 Å². The van der Waals surface area contributed by atoms with Gasteiger partial charge < -0.3 is 10.1 Å². The molecule has 4 nitrogen and oxygen atoms in total. The number of nitrogens with one attached hydrogen (secondary N) is 1. The highest BCUT2D eigenvalue weighted by atomic mass is 32.1. The number of thiophene rings is 1. The molecule has 0 unspecified atom stereocenters. The maximum absolute atomic E-state index is 11.5. The molecule has 0 spiro atoms. The number of esters is 1. The number of carbonyl (C=O) groups is 2. The lowest BCUT2D eigenvalue weighted by atomic mass is 10.1. The molecular formula is C11H15NO3S. The zero-order chi connectivity index (χ0) is 12.0. The van der Waals surface area contributed by atoms with Crippen LogP contribution in [-0.2, 0) is 16.0 Å². The summed E-state index contributed by atoms with van der Waals surface area (Å²) in [6.07, 6.45) is 0.650. The normalized spacial score (nSPS) is 9.88. The molecule has 0 saturated heterocycles. The molecule has 0 bridgehead atoms. The fourth-order valence-corrected chi connectivity index (χ4v) is 2.14. The summed E-state index contributed by atoms with van der Waals surface area (Å²) in [7, 11) is 0. The molecule has 0 aliphatic heterocycles. The number of amides is 1. The molecule has 0 aromatic carbocycles. The van der Waals surface area contributed by atoms with Crippen LogP contribution in [-0.4, -0.2) is 25.0 Å². The van der Waals surface area contributed by atoms with Crippen molar-refractivity contribution in [3.05, 3.63) is 21.9 Å². The van der Waals surface area contributed by atoms with Gasteiger partial charge in [0, 0.05) is 18.8 Å². The van der Waals surface area contributed by atoms with Gasteiger partial charge in [-0.15, -0.1) is 0 Å². The Labute approximate surface area is 98.6 Å². The Balaban J connectivity index is 2.56. The van der Waals surface area contributed by atoms with E-state index in [1.54, 1.807) is 12.3 Å². The van der Waals surface area contributed by atoms with Gasteiger partial charge in [0.15, 0.2) is 0 Å². The van der Waals surface area contributed by atoms with Gasteiger partial charge >= 0.3 is 5.97 Å². The highest BCUT2D eigenvalue weighted by Gasteiger charge is 2.12. The zero-order valence-electron chi connectivity index (χ0n) is 9.41. The molecule has 0 aliphatic rings. The van der Waals surface area contributed by atoms with Gasteiger partial charge in [-0.1, -0.05) is 0 Å². The van der Waals surface area contributed by atoms with Crippen LogP contribution in [0.1, 0.15) is 29.8 Å². The summed E-state index contributed by atoms with van der Waals surface area (Å²) in [5.74, 6) is -0.352. The predicted molar refractivity (Wildman–Crippen MR) is 62.7 cm³/mol. The summed E-state index contributed by atoms with van der Waals surface area (Å²) in [4.78, 5) is 22.2. The standard InChI is InChI=1S/C11H15NO3S/c1-3-15-11(14)10-7-16-6-9(10)4-5-12-8(2)13/h6-7H,3-5H2,1-2H3,(H,12,13). The van der Waals surface area contributed by atoms with Gasteiger partial charge in [0.1, 0.15) is 0 Å². The third-order valence-electron chi connectivity index (χ3n) is 2.01. The Morgan fingerprint density at radius 1 is 1.44 bits per heavy atom. The van der Waals surface area contributed by atoms with E-state index in [0.717, 1.165) is 5.56 Å². The quantitative estimate of drug-likeness (QED) is 0.797. The van der Waals surface area contributed by atoms with Gasteiger partial charge in [-0.25, -0.2) is 4.79 Å². The van der Waals surface area contributed by atoms with Crippen LogP contribution >= 0.6 is 11.3 Å². The molecule has 88 valence electrons. The average molecular weight is 241 g/mol. The second kappa shape index (κ2) is 6.27. The fourth-order valence-electron chi connectivity index (χ4n) is 1.28. The van der Waals surface area contributed by atoms with Crippen molar-refractivity contribution in [3.8, 4) is 0 Å². The minimum absolute atomic E-state index is 0.0621. The Morgan fingerprint density at radius 3 is 2.81 bits per heavy atom. The molecule has 1 rings (SSSR count). The van der Waals surface area contributed by atoms with Gasteiger partial charge in [-0.2, -0.15) is 11.3 Å². The lowest BCUT2D eigenvalue weighted by Crippen LogP contribution is -2.22. The van der Waals surface area contributed by atoms with Crippen molar-refractivity contribution in [2.24, 2.45) is 0 Å². The SMILES string of the molecule is CCOC(=O)c1cscc1CCNC(C)=O. The van der Waals surface area contributed by atoms with Crippen LogP contribution in [0.25, 0.3) is 0 Å². The first kappa shape index (κ1) is 12.7. The lowest BCUT2D eigenvalue weighted by Gasteiger charge is -2.04. The van der Waals surface area contributed by atoms with E-state index >= 15 is 0 Å². The maximum Gasteiger partial charge on any atom is 0.339 e. The summed E-state index contributed by atoms with van der Waals surface area (Å²) < 4.78 is 4.93. The topological polar surface area (TPSA) is 55.4 Å². The van der Waals surface area contributed by atoms with Crippen molar-refractivity contribution in [2.45, 2.75) is 20.3 Å². The zero-order valence-corrected chi connectivity index (χ0v) is 10.2. The largest absolute Gasteiger partial charge is 0.462 e. The molecule has 0 atom stereocenters.